The Morgan fingerprint density at radius 3 is 2.73 bits per heavy atom. The first-order chi connectivity index (χ1) is 14.2. The first-order valence-electron chi connectivity index (χ1n) is 10.8. The lowest BCUT2D eigenvalue weighted by atomic mass is 9.68. The number of H-pyrrole nitrogens is 1. The van der Waals surface area contributed by atoms with Crippen LogP contribution in [0.5, 0.6) is 0 Å². The summed E-state index contributed by atoms with van der Waals surface area (Å²) < 4.78 is 0. The fourth-order valence-electron chi connectivity index (χ4n) is 4.83. The molecule has 164 valence electrons. The normalized spacial score (nSPS) is 20.8. The van der Waals surface area contributed by atoms with E-state index in [2.05, 4.69) is 29.4 Å². The van der Waals surface area contributed by atoms with Crippen LogP contribution < -0.4 is 5.32 Å². The molecule has 0 spiro atoms. The summed E-state index contributed by atoms with van der Waals surface area (Å²) in [6.45, 7) is 5.76. The van der Waals surface area contributed by atoms with Gasteiger partial charge in [-0.1, -0.05) is 25.4 Å². The molecule has 1 saturated heterocycles. The molecule has 1 aromatic heterocycles. The number of amides is 2. The monoisotopic (exact) mass is 434 g/mol. The number of benzene rings is 1. The number of fused-ring (bicyclic) bond motifs is 1. The van der Waals surface area contributed by atoms with Crippen LogP contribution in [-0.2, 0) is 0 Å². The maximum absolute atomic E-state index is 12.5. The lowest BCUT2D eigenvalue weighted by Crippen LogP contribution is -2.53. The van der Waals surface area contributed by atoms with Crippen molar-refractivity contribution in [2.24, 2.45) is 11.3 Å². The third-order valence-electron chi connectivity index (χ3n) is 7.23. The van der Waals surface area contributed by atoms with Crippen molar-refractivity contribution in [2.75, 3.05) is 19.6 Å². The van der Waals surface area contributed by atoms with E-state index in [9.17, 15) is 15.0 Å². The second-order valence-electron chi connectivity index (χ2n) is 9.55. The van der Waals surface area contributed by atoms with Gasteiger partial charge in [-0.05, 0) is 55.6 Å². The van der Waals surface area contributed by atoms with Crippen molar-refractivity contribution in [2.45, 2.75) is 57.7 Å². The summed E-state index contributed by atoms with van der Waals surface area (Å²) in [6.07, 6.45) is 5.16. The van der Waals surface area contributed by atoms with Crippen molar-refractivity contribution in [3.05, 3.63) is 28.9 Å². The zero-order valence-corrected chi connectivity index (χ0v) is 18.4. The topological polar surface area (TPSA) is 101 Å². The summed E-state index contributed by atoms with van der Waals surface area (Å²) in [5, 5.41) is 32.9. The Morgan fingerprint density at radius 2 is 2.10 bits per heavy atom. The Morgan fingerprint density at radius 1 is 1.40 bits per heavy atom. The number of aliphatic hydroxyl groups excluding tert-OH is 1. The number of nitrogens with zero attached hydrogens (tertiary/aromatic N) is 2. The van der Waals surface area contributed by atoms with Gasteiger partial charge in [0.2, 0.25) is 0 Å². The minimum absolute atomic E-state index is 0.110. The third-order valence-corrected chi connectivity index (χ3v) is 7.45. The van der Waals surface area contributed by atoms with E-state index in [0.29, 0.717) is 24.7 Å². The van der Waals surface area contributed by atoms with Gasteiger partial charge in [-0.25, -0.2) is 4.79 Å². The largest absolute Gasteiger partial charge is 0.388 e. The van der Waals surface area contributed by atoms with Gasteiger partial charge >= 0.3 is 6.03 Å². The molecule has 2 aromatic rings. The smallest absolute Gasteiger partial charge is 0.317 e. The van der Waals surface area contributed by atoms with Gasteiger partial charge < -0.3 is 20.4 Å². The van der Waals surface area contributed by atoms with Crippen LogP contribution in [-0.4, -0.2) is 56.6 Å². The molecule has 1 atom stereocenters. The molecule has 2 fully saturated rings. The van der Waals surface area contributed by atoms with Gasteiger partial charge in [-0.2, -0.15) is 5.10 Å². The number of carbonyl (C=O) groups is 1. The molecule has 0 bridgehead atoms. The molecule has 30 heavy (non-hydrogen) atoms. The number of nitrogens with one attached hydrogen (secondary N) is 2. The number of rotatable bonds is 5. The van der Waals surface area contributed by atoms with Crippen LogP contribution >= 0.6 is 11.6 Å². The lowest BCUT2D eigenvalue weighted by Gasteiger charge is -2.43. The third kappa shape index (κ3) is 4.03. The number of urea groups is 1. The fourth-order valence-corrected chi connectivity index (χ4v) is 5.06. The summed E-state index contributed by atoms with van der Waals surface area (Å²) in [6, 6.07) is 3.53. The van der Waals surface area contributed by atoms with Crippen LogP contribution in [0.1, 0.15) is 57.6 Å². The predicted molar refractivity (Wildman–Crippen MR) is 116 cm³/mol. The number of hydrogen-bond acceptors (Lipinski definition) is 4. The molecule has 2 heterocycles. The van der Waals surface area contributed by atoms with Crippen molar-refractivity contribution < 1.29 is 15.0 Å². The van der Waals surface area contributed by atoms with Crippen LogP contribution in [0.2, 0.25) is 5.02 Å². The molecule has 1 aliphatic carbocycles. The van der Waals surface area contributed by atoms with Gasteiger partial charge in [-0.15, -0.1) is 0 Å². The van der Waals surface area contributed by atoms with Gasteiger partial charge in [0.1, 0.15) is 0 Å². The predicted octanol–water partition coefficient (Wildman–Crippen LogP) is 3.61. The number of likely N-dealkylation sites (tertiary alicyclic amines) is 1. The first-order valence-corrected chi connectivity index (χ1v) is 11.1. The Bertz CT molecular complexity index is 916. The van der Waals surface area contributed by atoms with E-state index in [1.165, 1.54) is 0 Å². The summed E-state index contributed by atoms with van der Waals surface area (Å²) >= 11 is 6.27. The van der Waals surface area contributed by atoms with Gasteiger partial charge in [0.15, 0.2) is 0 Å². The van der Waals surface area contributed by atoms with Gasteiger partial charge in [-0.3, -0.25) is 5.10 Å². The molecule has 2 amide bonds. The Hall–Kier alpha value is -1.83. The highest BCUT2D eigenvalue weighted by Gasteiger charge is 2.41. The van der Waals surface area contributed by atoms with Crippen LogP contribution in [0.4, 0.5) is 4.79 Å². The fraction of sp³-hybridized carbons (Fsp3) is 0.636. The molecule has 4 N–H and O–H groups in total. The molecule has 1 saturated carbocycles. The van der Waals surface area contributed by atoms with Crippen LogP contribution in [0.25, 0.3) is 10.9 Å². The maximum Gasteiger partial charge on any atom is 0.317 e. The average Bonchev–Trinajstić information content (AvgIpc) is 3.17. The van der Waals surface area contributed by atoms with E-state index >= 15 is 0 Å². The second-order valence-corrected chi connectivity index (χ2v) is 9.99. The van der Waals surface area contributed by atoms with Crippen LogP contribution in [0.15, 0.2) is 18.3 Å². The molecular weight excluding hydrogens is 404 g/mol. The van der Waals surface area contributed by atoms with Gasteiger partial charge in [0.05, 0.1) is 23.4 Å². The Labute approximate surface area is 181 Å². The number of piperidine rings is 1. The maximum atomic E-state index is 12.5. The molecule has 1 unspecified atom stereocenters. The zero-order valence-electron chi connectivity index (χ0n) is 17.6. The van der Waals surface area contributed by atoms with Crippen LogP contribution in [0.3, 0.4) is 0 Å². The average molecular weight is 435 g/mol. The minimum atomic E-state index is -0.713. The molecular formula is C22H31ClN4O3. The highest BCUT2D eigenvalue weighted by molar-refractivity contribution is 6.31. The van der Waals surface area contributed by atoms with Gasteiger partial charge in [0.25, 0.3) is 0 Å². The number of carbonyl (C=O) groups excluding carboxylic acids is 1. The summed E-state index contributed by atoms with van der Waals surface area (Å²) in [7, 11) is 0. The van der Waals surface area contributed by atoms with E-state index in [4.69, 9.17) is 11.6 Å². The highest BCUT2D eigenvalue weighted by atomic mass is 35.5. The minimum Gasteiger partial charge on any atom is -0.388 e. The zero-order chi connectivity index (χ0) is 21.5. The number of aromatic nitrogens is 2. The lowest BCUT2D eigenvalue weighted by molar-refractivity contribution is -0.0312. The SMILES string of the molecule is CC(C)(C1CCN(C(=O)NCC2(O)CCC2)CC1)C(O)c1cc(Cl)cc2cn[nH]c12. The van der Waals surface area contributed by atoms with Crippen molar-refractivity contribution >= 4 is 28.5 Å². The number of hydrogen-bond donors (Lipinski definition) is 4. The number of halogens is 1. The standard InChI is InChI=1S/C22H31ClN4O3/c1-21(2,19(28)17-11-16(23)10-14-12-25-26-18(14)17)15-4-8-27(9-5-15)20(29)24-13-22(30)6-3-7-22/h10-12,15,19,28,30H,3-9,13H2,1-2H3,(H,24,29)(H,25,26). The number of aliphatic hydroxyl groups is 2. The molecule has 7 nitrogen and oxygen atoms in total. The Balaban J connectivity index is 1.39. The molecule has 8 heteroatoms. The summed E-state index contributed by atoms with van der Waals surface area (Å²) in [5.41, 5.74) is 0.459. The first kappa shape index (κ1) is 21.4. The Kier molecular flexibility index (Phi) is 5.72. The number of aromatic amines is 1. The molecule has 0 radical (unpaired) electrons. The van der Waals surface area contributed by atoms with E-state index in [-0.39, 0.29) is 11.9 Å². The quantitative estimate of drug-likeness (QED) is 0.577. The van der Waals surface area contributed by atoms with Crippen LogP contribution in [0, 0.1) is 11.3 Å². The molecule has 2 aliphatic rings. The second kappa shape index (κ2) is 8.02. The van der Waals surface area contributed by atoms with Gasteiger partial charge in [0, 0.05) is 35.6 Å². The highest BCUT2D eigenvalue weighted by Crippen LogP contribution is 2.46. The van der Waals surface area contributed by atoms with Crippen molar-refractivity contribution in [1.29, 1.82) is 0 Å². The summed E-state index contributed by atoms with van der Waals surface area (Å²) in [4.78, 5) is 14.3. The van der Waals surface area contributed by atoms with E-state index in [1.807, 2.05) is 17.0 Å². The molecule has 1 aromatic carbocycles. The van der Waals surface area contributed by atoms with Crippen molar-refractivity contribution in [1.82, 2.24) is 20.4 Å². The summed E-state index contributed by atoms with van der Waals surface area (Å²) in [5.74, 6) is 0.254. The molecule has 4 rings (SSSR count). The van der Waals surface area contributed by atoms with E-state index in [1.54, 1.807) is 6.20 Å². The van der Waals surface area contributed by atoms with E-state index in [0.717, 1.165) is 48.6 Å². The molecule has 1 aliphatic heterocycles. The van der Waals surface area contributed by atoms with Crippen molar-refractivity contribution in [3.8, 4) is 0 Å². The van der Waals surface area contributed by atoms with Crippen molar-refractivity contribution in [3.63, 3.8) is 0 Å². The van der Waals surface area contributed by atoms with E-state index < -0.39 is 17.1 Å².